The molecule has 0 atom stereocenters. The van der Waals surface area contributed by atoms with Gasteiger partial charge in [-0.1, -0.05) is 6.07 Å². The van der Waals surface area contributed by atoms with Crippen LogP contribution in [0.3, 0.4) is 0 Å². The molecule has 0 radical (unpaired) electrons. The zero-order chi connectivity index (χ0) is 11.7. The monoisotopic (exact) mass is 359 g/mol. The van der Waals surface area contributed by atoms with E-state index < -0.39 is 0 Å². The number of ketones is 1. The van der Waals surface area contributed by atoms with Crippen molar-refractivity contribution in [1.29, 1.82) is 0 Å². The Hall–Kier alpha value is -0.520. The fourth-order valence-electron chi connectivity index (χ4n) is 1.20. The maximum atomic E-state index is 11.1. The van der Waals surface area contributed by atoms with Crippen LogP contribution in [-0.4, -0.2) is 10.8 Å². The summed E-state index contributed by atoms with van der Waals surface area (Å²) in [5, 5.41) is 2.64. The number of hydrogen-bond donors (Lipinski definition) is 0. The molecule has 0 aliphatic heterocycles. The Morgan fingerprint density at radius 1 is 1.31 bits per heavy atom. The second kappa shape index (κ2) is 4.77. The summed E-state index contributed by atoms with van der Waals surface area (Å²) in [5.74, 6) is -0.00122. The van der Waals surface area contributed by atoms with Crippen molar-refractivity contribution in [2.75, 3.05) is 0 Å². The first kappa shape index (κ1) is 12.0. The second-order valence-corrected chi connectivity index (χ2v) is 5.79. The van der Waals surface area contributed by atoms with Gasteiger partial charge in [0, 0.05) is 26.8 Å². The Morgan fingerprint density at radius 2 is 2.06 bits per heavy atom. The van der Waals surface area contributed by atoms with E-state index in [1.165, 1.54) is 18.3 Å². The van der Waals surface area contributed by atoms with E-state index in [0.29, 0.717) is 5.69 Å². The molecule has 0 saturated heterocycles. The normalized spacial score (nSPS) is 10.4. The van der Waals surface area contributed by atoms with E-state index in [0.717, 1.165) is 19.5 Å². The number of nitrogens with zero attached hydrogens (tertiary/aromatic N) is 1. The molecule has 0 amide bonds. The maximum absolute atomic E-state index is 11.1. The number of halogens is 2. The van der Waals surface area contributed by atoms with Gasteiger partial charge in [0.2, 0.25) is 0 Å². The number of aromatic nitrogens is 1. The van der Waals surface area contributed by atoms with Crippen molar-refractivity contribution in [2.45, 2.75) is 6.92 Å². The molecule has 0 saturated carbocycles. The molecule has 2 nitrogen and oxygen atoms in total. The van der Waals surface area contributed by atoms with E-state index in [1.54, 1.807) is 5.38 Å². The van der Waals surface area contributed by atoms with Gasteiger partial charge in [-0.15, -0.1) is 11.3 Å². The molecule has 1 aromatic carbocycles. The molecule has 0 unspecified atom stereocenters. The average Bonchev–Trinajstić information content (AvgIpc) is 2.71. The van der Waals surface area contributed by atoms with Crippen molar-refractivity contribution in [3.8, 4) is 10.6 Å². The topological polar surface area (TPSA) is 30.0 Å². The summed E-state index contributed by atoms with van der Waals surface area (Å²) in [6, 6.07) is 5.90. The maximum Gasteiger partial charge on any atom is 0.178 e. The van der Waals surface area contributed by atoms with Crippen molar-refractivity contribution < 1.29 is 4.79 Å². The quantitative estimate of drug-likeness (QED) is 0.736. The molecule has 0 N–H and O–H groups in total. The van der Waals surface area contributed by atoms with E-state index in [-0.39, 0.29) is 5.78 Å². The zero-order valence-electron chi connectivity index (χ0n) is 8.33. The molecule has 0 spiro atoms. The average molecular weight is 361 g/mol. The number of rotatable bonds is 2. The van der Waals surface area contributed by atoms with Gasteiger partial charge in [0.1, 0.15) is 10.7 Å². The Balaban J connectivity index is 2.42. The molecule has 0 aliphatic rings. The molecule has 5 heteroatoms. The van der Waals surface area contributed by atoms with Crippen LogP contribution in [-0.2, 0) is 0 Å². The summed E-state index contributed by atoms with van der Waals surface area (Å²) >= 11 is 8.33. The largest absolute Gasteiger partial charge is 0.293 e. The number of hydrogen-bond acceptors (Lipinski definition) is 3. The van der Waals surface area contributed by atoms with Gasteiger partial charge in [-0.2, -0.15) is 0 Å². The van der Waals surface area contributed by atoms with Crippen molar-refractivity contribution in [2.24, 2.45) is 0 Å². The van der Waals surface area contributed by atoms with Gasteiger partial charge in [0.25, 0.3) is 0 Å². The first-order chi connectivity index (χ1) is 7.58. The molecule has 0 aliphatic carbocycles. The predicted molar refractivity (Wildman–Crippen MR) is 73.0 cm³/mol. The summed E-state index contributed by atoms with van der Waals surface area (Å²) in [4.78, 5) is 15.4. The lowest BCUT2D eigenvalue weighted by Crippen LogP contribution is -1.91. The molecule has 82 valence electrons. The Labute approximate surface area is 114 Å². The molecule has 1 heterocycles. The summed E-state index contributed by atoms with van der Waals surface area (Å²) in [6.07, 6.45) is 0. The number of carbonyl (C=O) groups excluding carboxylic acids is 1. The molecular weight excluding hydrogens is 354 g/mol. The van der Waals surface area contributed by atoms with Crippen LogP contribution in [0.2, 0.25) is 0 Å². The molecule has 0 fully saturated rings. The van der Waals surface area contributed by atoms with Crippen LogP contribution in [0.25, 0.3) is 10.6 Å². The minimum absolute atomic E-state index is 0.00122. The van der Waals surface area contributed by atoms with Crippen molar-refractivity contribution in [3.05, 3.63) is 38.2 Å². The van der Waals surface area contributed by atoms with Crippen LogP contribution in [0, 0.1) is 0 Å². The van der Waals surface area contributed by atoms with Gasteiger partial charge in [-0.3, -0.25) is 4.79 Å². The van der Waals surface area contributed by atoms with E-state index in [2.05, 4.69) is 36.8 Å². The minimum Gasteiger partial charge on any atom is -0.293 e. The highest BCUT2D eigenvalue weighted by molar-refractivity contribution is 9.13. The molecule has 2 rings (SSSR count). The number of thiazole rings is 1. The van der Waals surface area contributed by atoms with Crippen molar-refractivity contribution in [1.82, 2.24) is 4.98 Å². The Bertz CT molecular complexity index is 551. The van der Waals surface area contributed by atoms with Crippen LogP contribution < -0.4 is 0 Å². The third kappa shape index (κ3) is 2.42. The SMILES string of the molecule is CC(=O)c1csc(-c2ccc(Br)c(Br)c2)n1. The predicted octanol–water partition coefficient (Wildman–Crippen LogP) is 4.54. The summed E-state index contributed by atoms with van der Waals surface area (Å²) in [7, 11) is 0. The van der Waals surface area contributed by atoms with Crippen LogP contribution >= 0.6 is 43.2 Å². The third-order valence-electron chi connectivity index (χ3n) is 2.03. The molecule has 0 bridgehead atoms. The fourth-order valence-corrected chi connectivity index (χ4v) is 2.68. The minimum atomic E-state index is -0.00122. The molecule has 1 aromatic heterocycles. The van der Waals surface area contributed by atoms with E-state index in [9.17, 15) is 4.79 Å². The molecule has 16 heavy (non-hydrogen) atoms. The highest BCUT2D eigenvalue weighted by Crippen LogP contribution is 2.30. The Morgan fingerprint density at radius 3 is 2.62 bits per heavy atom. The summed E-state index contributed by atoms with van der Waals surface area (Å²) in [5.41, 5.74) is 1.53. The van der Waals surface area contributed by atoms with Crippen molar-refractivity contribution in [3.63, 3.8) is 0 Å². The van der Waals surface area contributed by atoms with Gasteiger partial charge < -0.3 is 0 Å². The lowest BCUT2D eigenvalue weighted by atomic mass is 10.2. The fraction of sp³-hybridized carbons (Fsp3) is 0.0909. The van der Waals surface area contributed by atoms with Gasteiger partial charge in [-0.25, -0.2) is 4.98 Å². The van der Waals surface area contributed by atoms with Gasteiger partial charge in [0.15, 0.2) is 5.78 Å². The lowest BCUT2D eigenvalue weighted by Gasteiger charge is -1.99. The zero-order valence-corrected chi connectivity index (χ0v) is 12.3. The van der Waals surface area contributed by atoms with Crippen molar-refractivity contribution >= 4 is 49.0 Å². The smallest absolute Gasteiger partial charge is 0.178 e. The number of Topliss-reactive ketones (excluding diaryl/α,β-unsaturated/α-hetero) is 1. The van der Waals surface area contributed by atoms with E-state index >= 15 is 0 Å². The van der Waals surface area contributed by atoms with Gasteiger partial charge >= 0.3 is 0 Å². The first-order valence-corrected chi connectivity index (χ1v) is 6.96. The summed E-state index contributed by atoms with van der Waals surface area (Å²) in [6.45, 7) is 1.52. The highest BCUT2D eigenvalue weighted by atomic mass is 79.9. The van der Waals surface area contributed by atoms with Gasteiger partial charge in [0.05, 0.1) is 0 Å². The number of carbonyl (C=O) groups is 1. The standard InChI is InChI=1S/C11H7Br2NOS/c1-6(15)10-5-16-11(14-10)7-2-3-8(12)9(13)4-7/h2-5H,1H3. The first-order valence-electron chi connectivity index (χ1n) is 4.50. The van der Waals surface area contributed by atoms with Crippen LogP contribution in [0.4, 0.5) is 0 Å². The number of benzene rings is 1. The summed E-state index contributed by atoms with van der Waals surface area (Å²) < 4.78 is 1.98. The Kier molecular flexibility index (Phi) is 3.56. The van der Waals surface area contributed by atoms with E-state index in [1.807, 2.05) is 18.2 Å². The highest BCUT2D eigenvalue weighted by Gasteiger charge is 2.08. The molecular formula is C11H7Br2NOS. The van der Waals surface area contributed by atoms with Crippen LogP contribution in [0.15, 0.2) is 32.5 Å². The second-order valence-electron chi connectivity index (χ2n) is 3.22. The third-order valence-corrected chi connectivity index (χ3v) is 4.80. The lowest BCUT2D eigenvalue weighted by molar-refractivity contribution is 0.101. The molecule has 2 aromatic rings. The van der Waals surface area contributed by atoms with Gasteiger partial charge in [-0.05, 0) is 44.0 Å². The van der Waals surface area contributed by atoms with Crippen LogP contribution in [0.1, 0.15) is 17.4 Å². The van der Waals surface area contributed by atoms with Crippen LogP contribution in [0.5, 0.6) is 0 Å². The van der Waals surface area contributed by atoms with E-state index in [4.69, 9.17) is 0 Å².